The van der Waals surface area contributed by atoms with Gasteiger partial charge in [0.15, 0.2) is 5.13 Å². The fourth-order valence-electron chi connectivity index (χ4n) is 2.19. The minimum absolute atomic E-state index is 0.512. The number of thiazole rings is 1. The van der Waals surface area contributed by atoms with Gasteiger partial charge in [0, 0.05) is 31.1 Å². The van der Waals surface area contributed by atoms with E-state index in [0.29, 0.717) is 17.9 Å². The summed E-state index contributed by atoms with van der Waals surface area (Å²) >= 11 is 1.86. The normalized spacial score (nSPS) is 14.5. The average molecular weight is 312 g/mol. The van der Waals surface area contributed by atoms with Gasteiger partial charge in [-0.1, -0.05) is 48.0 Å². The van der Waals surface area contributed by atoms with E-state index in [9.17, 15) is 0 Å². The molecule has 0 fully saturated rings. The van der Waals surface area contributed by atoms with Crippen molar-refractivity contribution < 1.29 is 0 Å². The standard InChI is InChI=1S/C17H33N3S/c1-8-13(5)11-20(7)17-19-16(14(6)9-2)15(21-17)10-18-12(3)4/h12-14,18H,8-11H2,1-7H3. The summed E-state index contributed by atoms with van der Waals surface area (Å²) in [6.07, 6.45) is 2.36. The average Bonchev–Trinajstić information content (AvgIpc) is 2.88. The SMILES string of the molecule is CCC(C)CN(C)c1nc(C(C)CC)c(CNC(C)C)s1. The summed E-state index contributed by atoms with van der Waals surface area (Å²) in [6.45, 7) is 15.5. The molecule has 0 radical (unpaired) electrons. The third kappa shape index (κ3) is 5.59. The van der Waals surface area contributed by atoms with Crippen LogP contribution in [0.15, 0.2) is 0 Å². The minimum Gasteiger partial charge on any atom is -0.351 e. The molecule has 2 unspecified atom stereocenters. The second-order valence-corrected chi connectivity index (χ2v) is 7.61. The van der Waals surface area contributed by atoms with Gasteiger partial charge in [-0.05, 0) is 18.3 Å². The molecule has 4 heteroatoms. The van der Waals surface area contributed by atoms with Crippen LogP contribution < -0.4 is 10.2 Å². The molecule has 0 spiro atoms. The summed E-state index contributed by atoms with van der Waals surface area (Å²) in [6, 6.07) is 0.512. The van der Waals surface area contributed by atoms with E-state index in [4.69, 9.17) is 4.98 Å². The van der Waals surface area contributed by atoms with Gasteiger partial charge >= 0.3 is 0 Å². The highest BCUT2D eigenvalue weighted by Crippen LogP contribution is 2.32. The van der Waals surface area contributed by atoms with Crippen LogP contribution in [-0.4, -0.2) is 24.6 Å². The van der Waals surface area contributed by atoms with E-state index < -0.39 is 0 Å². The second-order valence-electron chi connectivity index (χ2n) is 6.54. The maximum atomic E-state index is 4.95. The van der Waals surface area contributed by atoms with Gasteiger partial charge in [0.1, 0.15) is 0 Å². The molecular weight excluding hydrogens is 278 g/mol. The molecule has 2 atom stereocenters. The highest BCUT2D eigenvalue weighted by Gasteiger charge is 2.18. The molecule has 1 rings (SSSR count). The lowest BCUT2D eigenvalue weighted by atomic mass is 10.0. The van der Waals surface area contributed by atoms with Gasteiger partial charge in [-0.2, -0.15) is 0 Å². The summed E-state index contributed by atoms with van der Waals surface area (Å²) < 4.78 is 0. The van der Waals surface area contributed by atoms with Crippen molar-refractivity contribution in [3.63, 3.8) is 0 Å². The molecule has 0 bridgehead atoms. The van der Waals surface area contributed by atoms with Gasteiger partial charge in [-0.15, -0.1) is 11.3 Å². The molecule has 1 heterocycles. The summed E-state index contributed by atoms with van der Waals surface area (Å²) in [7, 11) is 2.17. The molecule has 3 nitrogen and oxygen atoms in total. The van der Waals surface area contributed by atoms with Gasteiger partial charge in [0.05, 0.1) is 5.69 Å². The van der Waals surface area contributed by atoms with E-state index in [-0.39, 0.29) is 0 Å². The van der Waals surface area contributed by atoms with Gasteiger partial charge in [0.25, 0.3) is 0 Å². The van der Waals surface area contributed by atoms with Crippen LogP contribution in [0.1, 0.15) is 70.9 Å². The van der Waals surface area contributed by atoms with E-state index in [0.717, 1.165) is 19.5 Å². The molecule has 122 valence electrons. The smallest absolute Gasteiger partial charge is 0.185 e. The summed E-state index contributed by atoms with van der Waals surface area (Å²) in [5.74, 6) is 1.25. The maximum absolute atomic E-state index is 4.95. The number of anilines is 1. The number of hydrogen-bond donors (Lipinski definition) is 1. The van der Waals surface area contributed by atoms with Gasteiger partial charge in [-0.25, -0.2) is 4.98 Å². The van der Waals surface area contributed by atoms with Crippen molar-refractivity contribution in [3.8, 4) is 0 Å². The molecular formula is C17H33N3S. The minimum atomic E-state index is 0.512. The number of aromatic nitrogens is 1. The third-order valence-corrected chi connectivity index (χ3v) is 5.26. The number of rotatable bonds is 9. The Hall–Kier alpha value is -0.610. The zero-order valence-electron chi connectivity index (χ0n) is 14.9. The fraction of sp³-hybridized carbons (Fsp3) is 0.824. The zero-order valence-corrected chi connectivity index (χ0v) is 15.7. The van der Waals surface area contributed by atoms with Crippen LogP contribution in [-0.2, 0) is 6.54 Å². The Morgan fingerprint density at radius 1 is 1.14 bits per heavy atom. The van der Waals surface area contributed by atoms with E-state index in [2.05, 4.69) is 58.8 Å². The highest BCUT2D eigenvalue weighted by molar-refractivity contribution is 7.15. The van der Waals surface area contributed by atoms with Crippen molar-refractivity contribution in [2.75, 3.05) is 18.5 Å². The summed E-state index contributed by atoms with van der Waals surface area (Å²) in [5, 5.41) is 4.71. The Labute approximate surface area is 135 Å². The molecule has 0 aromatic carbocycles. The molecule has 0 saturated heterocycles. The molecule has 21 heavy (non-hydrogen) atoms. The first kappa shape index (κ1) is 18.4. The predicted molar refractivity (Wildman–Crippen MR) is 95.5 cm³/mol. The van der Waals surface area contributed by atoms with E-state index in [1.807, 2.05) is 11.3 Å². The van der Waals surface area contributed by atoms with Crippen molar-refractivity contribution in [1.82, 2.24) is 10.3 Å². The van der Waals surface area contributed by atoms with Crippen molar-refractivity contribution in [2.45, 2.75) is 72.9 Å². The van der Waals surface area contributed by atoms with Crippen LogP contribution in [0, 0.1) is 5.92 Å². The quantitative estimate of drug-likeness (QED) is 0.720. The predicted octanol–water partition coefficient (Wildman–Crippen LogP) is 4.64. The molecule has 1 aromatic rings. The lowest BCUT2D eigenvalue weighted by Crippen LogP contribution is -2.23. The summed E-state index contributed by atoms with van der Waals surface area (Å²) in [5.41, 5.74) is 1.29. The Kier molecular flexibility index (Phi) is 7.67. The van der Waals surface area contributed by atoms with Crippen LogP contribution in [0.3, 0.4) is 0 Å². The van der Waals surface area contributed by atoms with Gasteiger partial charge in [-0.3, -0.25) is 0 Å². The first-order valence-corrected chi connectivity index (χ1v) is 9.14. The lowest BCUT2D eigenvalue weighted by Gasteiger charge is -2.19. The third-order valence-electron chi connectivity index (χ3n) is 4.08. The second kappa shape index (κ2) is 8.74. The van der Waals surface area contributed by atoms with E-state index in [1.54, 1.807) is 0 Å². The fourth-order valence-corrected chi connectivity index (χ4v) is 3.29. The molecule has 0 saturated carbocycles. The molecule has 0 amide bonds. The van der Waals surface area contributed by atoms with Crippen molar-refractivity contribution in [2.24, 2.45) is 5.92 Å². The lowest BCUT2D eigenvalue weighted by molar-refractivity contribution is 0.558. The number of nitrogens with zero attached hydrogens (tertiary/aromatic N) is 2. The topological polar surface area (TPSA) is 28.2 Å². The van der Waals surface area contributed by atoms with Gasteiger partial charge < -0.3 is 10.2 Å². The molecule has 0 aliphatic heterocycles. The van der Waals surface area contributed by atoms with Crippen LogP contribution in [0.25, 0.3) is 0 Å². The first-order valence-electron chi connectivity index (χ1n) is 8.33. The molecule has 0 aliphatic carbocycles. The number of hydrogen-bond acceptors (Lipinski definition) is 4. The van der Waals surface area contributed by atoms with Crippen LogP contribution in [0.5, 0.6) is 0 Å². The number of nitrogens with one attached hydrogen (secondary N) is 1. The van der Waals surface area contributed by atoms with Crippen molar-refractivity contribution >= 4 is 16.5 Å². The first-order chi connectivity index (χ1) is 9.88. The van der Waals surface area contributed by atoms with Crippen LogP contribution >= 0.6 is 11.3 Å². The Bertz CT molecular complexity index is 414. The monoisotopic (exact) mass is 311 g/mol. The van der Waals surface area contributed by atoms with E-state index in [1.165, 1.54) is 22.1 Å². The van der Waals surface area contributed by atoms with E-state index >= 15 is 0 Å². The Morgan fingerprint density at radius 2 is 1.81 bits per heavy atom. The highest BCUT2D eigenvalue weighted by atomic mass is 32.1. The van der Waals surface area contributed by atoms with Crippen LogP contribution in [0.2, 0.25) is 0 Å². The maximum Gasteiger partial charge on any atom is 0.185 e. The zero-order chi connectivity index (χ0) is 16.0. The molecule has 0 aliphatic rings. The summed E-state index contributed by atoms with van der Waals surface area (Å²) in [4.78, 5) is 8.68. The van der Waals surface area contributed by atoms with Gasteiger partial charge in [0.2, 0.25) is 0 Å². The van der Waals surface area contributed by atoms with Crippen LogP contribution in [0.4, 0.5) is 5.13 Å². The molecule has 1 N–H and O–H groups in total. The van der Waals surface area contributed by atoms with Crippen molar-refractivity contribution in [3.05, 3.63) is 10.6 Å². The van der Waals surface area contributed by atoms with Crippen molar-refractivity contribution in [1.29, 1.82) is 0 Å². The molecule has 1 aromatic heterocycles. The Balaban J connectivity index is 2.90. The Morgan fingerprint density at radius 3 is 2.33 bits per heavy atom. The largest absolute Gasteiger partial charge is 0.351 e.